The molecule has 8 bridgehead atoms. The van der Waals surface area contributed by atoms with Crippen LogP contribution in [0.4, 0.5) is 0 Å². The van der Waals surface area contributed by atoms with Crippen LogP contribution in [0.3, 0.4) is 0 Å². The molecule has 302 valence electrons. The SMILES string of the molecule is CCOC(=O)c1cc2[nH]c1cc1nc(c(-c3cccc4ccccc34)c3cc(C(=O)OCC)c([nH]3)c(OC)c3nc(c2-c2cccc4ccccc24)CC3(C)C)CC1(C)C. The first-order chi connectivity index (χ1) is 28.9. The van der Waals surface area contributed by atoms with Crippen molar-refractivity contribution in [3.05, 3.63) is 137 Å². The maximum atomic E-state index is 14.1. The van der Waals surface area contributed by atoms with Gasteiger partial charge in [0.15, 0.2) is 5.75 Å². The normalized spacial score (nSPS) is 14.3. The predicted molar refractivity (Wildman–Crippen MR) is 239 cm³/mol. The number of carbonyl (C=O) groups is 2. The number of esters is 2. The molecule has 0 fully saturated rings. The number of nitrogens with one attached hydrogen (secondary N) is 2. The quantitative estimate of drug-likeness (QED) is 0.154. The van der Waals surface area contributed by atoms with E-state index in [1.54, 1.807) is 14.0 Å². The molecular formula is C51H48N4O5. The summed E-state index contributed by atoms with van der Waals surface area (Å²) in [5.74, 6) is -0.451. The summed E-state index contributed by atoms with van der Waals surface area (Å²) in [5.41, 5.74) is 8.99. The molecule has 5 heterocycles. The van der Waals surface area contributed by atoms with E-state index in [1.165, 1.54) is 0 Å². The van der Waals surface area contributed by atoms with E-state index in [9.17, 15) is 9.59 Å². The number of hydrogen-bond donors (Lipinski definition) is 2. The summed E-state index contributed by atoms with van der Waals surface area (Å²) < 4.78 is 17.8. The maximum Gasteiger partial charge on any atom is 0.340 e. The summed E-state index contributed by atoms with van der Waals surface area (Å²) >= 11 is 0. The number of rotatable bonds is 7. The highest BCUT2D eigenvalue weighted by atomic mass is 16.5. The van der Waals surface area contributed by atoms with Crippen LogP contribution in [-0.2, 0) is 33.1 Å². The van der Waals surface area contributed by atoms with Gasteiger partial charge in [0.05, 0.1) is 59.6 Å². The zero-order valence-corrected chi connectivity index (χ0v) is 35.1. The largest absolute Gasteiger partial charge is 0.493 e. The van der Waals surface area contributed by atoms with E-state index >= 15 is 0 Å². The van der Waals surface area contributed by atoms with Crippen molar-refractivity contribution in [2.45, 2.75) is 65.2 Å². The number of fused-ring (bicyclic) bond motifs is 10. The minimum atomic E-state index is -0.557. The summed E-state index contributed by atoms with van der Waals surface area (Å²) in [4.78, 5) is 46.3. The number of carbonyl (C=O) groups excluding carboxylic acids is 2. The minimum absolute atomic E-state index is 0.204. The molecule has 3 aromatic heterocycles. The van der Waals surface area contributed by atoms with Crippen molar-refractivity contribution < 1.29 is 23.8 Å². The van der Waals surface area contributed by atoms with Crippen molar-refractivity contribution >= 4 is 55.6 Å². The Hall–Kier alpha value is -6.74. The van der Waals surface area contributed by atoms with Gasteiger partial charge >= 0.3 is 11.9 Å². The van der Waals surface area contributed by atoms with E-state index in [4.69, 9.17) is 24.2 Å². The van der Waals surface area contributed by atoms with E-state index < -0.39 is 22.8 Å². The molecule has 0 atom stereocenters. The summed E-state index contributed by atoms with van der Waals surface area (Å²) in [5, 5.41) is 4.24. The molecule has 0 amide bonds. The van der Waals surface area contributed by atoms with Crippen molar-refractivity contribution in [3.63, 3.8) is 0 Å². The van der Waals surface area contributed by atoms with Gasteiger partial charge in [-0.3, -0.25) is 9.97 Å². The van der Waals surface area contributed by atoms with Gasteiger partial charge in [-0.2, -0.15) is 0 Å². The number of nitrogens with zero attached hydrogens (tertiary/aromatic N) is 2. The standard InChI is InChI=1S/C51H48N4O5/c1-8-59-48(56)35-24-38-43(33-22-14-18-29-16-10-12-20-31(29)33)41-28-51(5,6)47(55-41)46(58-7)45-36(49(57)60-9-2)25-39(54-45)44(34-23-15-19-30-17-11-13-21-32(30)34)40-27-50(3,4)42(53-40)26-37(35)52-38/h10-26,52,54H,8-9,27-28H2,1-7H3. The lowest BCUT2D eigenvalue weighted by molar-refractivity contribution is 0.0519. The zero-order valence-electron chi connectivity index (χ0n) is 35.1. The van der Waals surface area contributed by atoms with Gasteiger partial charge in [0.25, 0.3) is 0 Å². The molecule has 0 saturated heterocycles. The Labute approximate surface area is 348 Å². The minimum Gasteiger partial charge on any atom is -0.493 e. The van der Waals surface area contributed by atoms with Crippen LogP contribution in [0.2, 0.25) is 0 Å². The molecule has 9 nitrogen and oxygen atoms in total. The molecule has 0 radical (unpaired) electrons. The van der Waals surface area contributed by atoms with Crippen molar-refractivity contribution in [3.8, 4) is 28.0 Å². The lowest BCUT2D eigenvalue weighted by Gasteiger charge is -2.19. The second-order valence-electron chi connectivity index (χ2n) is 16.9. The number of H-pyrrole nitrogens is 2. The lowest BCUT2D eigenvalue weighted by Crippen LogP contribution is -2.17. The van der Waals surface area contributed by atoms with Crippen molar-refractivity contribution in [2.24, 2.45) is 0 Å². The van der Waals surface area contributed by atoms with Gasteiger partial charge in [-0.05, 0) is 64.7 Å². The van der Waals surface area contributed by atoms with E-state index in [2.05, 4.69) is 86.2 Å². The maximum absolute atomic E-state index is 14.1. The number of benzene rings is 4. The van der Waals surface area contributed by atoms with Gasteiger partial charge in [0, 0.05) is 51.5 Å². The molecule has 0 spiro atoms. The molecule has 4 aromatic carbocycles. The molecule has 9 rings (SSSR count). The van der Waals surface area contributed by atoms with Crippen LogP contribution in [-0.4, -0.2) is 52.2 Å². The highest BCUT2D eigenvalue weighted by Crippen LogP contribution is 2.45. The number of methoxy groups -OCH3 is 1. The van der Waals surface area contributed by atoms with E-state index in [-0.39, 0.29) is 13.2 Å². The van der Waals surface area contributed by atoms with Crippen molar-refractivity contribution in [1.82, 2.24) is 19.9 Å². The molecule has 2 aliphatic heterocycles. The molecule has 0 unspecified atom stereocenters. The average Bonchev–Trinajstić information content (AvgIpc) is 3.99. The number of ether oxygens (including phenoxy) is 3. The van der Waals surface area contributed by atoms with Gasteiger partial charge < -0.3 is 24.2 Å². The summed E-state index contributed by atoms with van der Waals surface area (Å²) in [7, 11) is 1.62. The van der Waals surface area contributed by atoms with Gasteiger partial charge in [0.1, 0.15) is 0 Å². The van der Waals surface area contributed by atoms with E-state index in [1.807, 2.05) is 61.5 Å². The van der Waals surface area contributed by atoms with Gasteiger partial charge in [-0.25, -0.2) is 9.59 Å². The molecular weight excluding hydrogens is 749 g/mol. The predicted octanol–water partition coefficient (Wildman–Crippen LogP) is 11.4. The smallest absolute Gasteiger partial charge is 0.340 e. The fourth-order valence-corrected chi connectivity index (χ4v) is 9.04. The van der Waals surface area contributed by atoms with Gasteiger partial charge in [-0.15, -0.1) is 0 Å². The van der Waals surface area contributed by atoms with Crippen LogP contribution >= 0.6 is 0 Å². The third kappa shape index (κ3) is 6.49. The number of aromatic nitrogens is 4. The highest BCUT2D eigenvalue weighted by Gasteiger charge is 2.37. The number of hydrogen-bond acceptors (Lipinski definition) is 7. The topological polar surface area (TPSA) is 119 Å². The van der Waals surface area contributed by atoms with Crippen LogP contribution in [0, 0.1) is 0 Å². The van der Waals surface area contributed by atoms with E-state index in [0.717, 1.165) is 66.4 Å². The summed E-state index contributed by atoms with van der Waals surface area (Å²) in [6.07, 6.45) is 1.11. The summed E-state index contributed by atoms with van der Waals surface area (Å²) in [6.45, 7) is 12.7. The van der Waals surface area contributed by atoms with Gasteiger partial charge in [-0.1, -0.05) is 113 Å². The second-order valence-corrected chi connectivity index (χ2v) is 16.9. The Balaban J connectivity index is 1.54. The first-order valence-electron chi connectivity index (χ1n) is 20.6. The summed E-state index contributed by atoms with van der Waals surface area (Å²) in [6, 6.07) is 34.8. The van der Waals surface area contributed by atoms with Crippen LogP contribution in [0.15, 0.2) is 103 Å². The Morgan fingerprint density at radius 2 is 1.13 bits per heavy atom. The van der Waals surface area contributed by atoms with Crippen LogP contribution in [0.1, 0.15) is 85.0 Å². The lowest BCUT2D eigenvalue weighted by atomic mass is 9.84. The fourth-order valence-electron chi connectivity index (χ4n) is 9.04. The molecule has 9 heteroatoms. The van der Waals surface area contributed by atoms with Crippen LogP contribution in [0.5, 0.6) is 5.75 Å². The average molecular weight is 797 g/mol. The first kappa shape index (κ1) is 38.8. The Morgan fingerprint density at radius 1 is 0.617 bits per heavy atom. The molecule has 7 aromatic rings. The molecule has 2 aliphatic rings. The monoisotopic (exact) mass is 796 g/mol. The molecule has 2 N–H and O–H groups in total. The molecule has 60 heavy (non-hydrogen) atoms. The highest BCUT2D eigenvalue weighted by molar-refractivity contribution is 6.07. The van der Waals surface area contributed by atoms with Crippen molar-refractivity contribution in [1.29, 1.82) is 0 Å². The fraction of sp³-hybridized carbons (Fsp3) is 0.255. The Bertz CT molecular complexity index is 2970. The third-order valence-electron chi connectivity index (χ3n) is 11.9. The molecule has 0 aliphatic carbocycles. The van der Waals surface area contributed by atoms with Crippen LogP contribution in [0.25, 0.3) is 65.9 Å². The Kier molecular flexibility index (Phi) is 9.57. The van der Waals surface area contributed by atoms with Gasteiger partial charge in [0.2, 0.25) is 0 Å². The molecule has 0 saturated carbocycles. The first-order valence-corrected chi connectivity index (χ1v) is 20.6. The van der Waals surface area contributed by atoms with Crippen molar-refractivity contribution in [2.75, 3.05) is 20.3 Å². The van der Waals surface area contributed by atoms with E-state index in [0.29, 0.717) is 52.0 Å². The zero-order chi connectivity index (χ0) is 41.9. The number of aromatic amines is 2. The van der Waals surface area contributed by atoms with Crippen LogP contribution < -0.4 is 4.74 Å². The Morgan fingerprint density at radius 3 is 1.73 bits per heavy atom. The second kappa shape index (κ2) is 14.8. The third-order valence-corrected chi connectivity index (χ3v) is 11.9.